The molecule has 2 N–H and O–H groups in total. The highest BCUT2D eigenvalue weighted by Crippen LogP contribution is 2.14. The van der Waals surface area contributed by atoms with E-state index >= 15 is 0 Å². The Kier molecular flexibility index (Phi) is 8.13. The molecule has 0 aliphatic carbocycles. The largest absolute Gasteiger partial charge is 0.463 e. The van der Waals surface area contributed by atoms with Crippen molar-refractivity contribution < 1.29 is 23.9 Å². The van der Waals surface area contributed by atoms with Gasteiger partial charge in [0, 0.05) is 25.8 Å². The zero-order valence-electron chi connectivity index (χ0n) is 17.5. The zero-order valence-corrected chi connectivity index (χ0v) is 18.3. The zero-order chi connectivity index (χ0) is 22.2. The highest BCUT2D eigenvalue weighted by Gasteiger charge is 2.34. The van der Waals surface area contributed by atoms with Crippen LogP contribution in [0.15, 0.2) is 30.3 Å². The minimum Gasteiger partial charge on any atom is -0.463 e. The number of nitrogens with one attached hydrogen (secondary N) is 2. The molecule has 0 spiro atoms. The Morgan fingerprint density at radius 1 is 1.35 bits per heavy atom. The third kappa shape index (κ3) is 6.86. The highest BCUT2D eigenvalue weighted by molar-refractivity contribution is 7.80. The lowest BCUT2D eigenvalue weighted by atomic mass is 10.1. The SMILES string of the molecule is Cc1ccc(/C=C/C(=O)NC(=S)N2CCNC(=O)C2CC(=O)OCC2CCCO2)cc1. The maximum absolute atomic E-state index is 12.4. The smallest absolute Gasteiger partial charge is 0.308 e. The van der Waals surface area contributed by atoms with Gasteiger partial charge in [-0.2, -0.15) is 0 Å². The summed E-state index contributed by atoms with van der Waals surface area (Å²) in [5.74, 6) is -1.24. The van der Waals surface area contributed by atoms with Crippen LogP contribution in [0, 0.1) is 6.92 Å². The van der Waals surface area contributed by atoms with Gasteiger partial charge in [-0.1, -0.05) is 29.8 Å². The van der Waals surface area contributed by atoms with Crippen LogP contribution in [0.25, 0.3) is 6.08 Å². The van der Waals surface area contributed by atoms with Gasteiger partial charge < -0.3 is 19.7 Å². The van der Waals surface area contributed by atoms with E-state index in [2.05, 4.69) is 10.6 Å². The van der Waals surface area contributed by atoms with Crippen LogP contribution >= 0.6 is 12.2 Å². The van der Waals surface area contributed by atoms with Gasteiger partial charge in [0.1, 0.15) is 12.6 Å². The van der Waals surface area contributed by atoms with Gasteiger partial charge in [0.25, 0.3) is 0 Å². The number of hydrogen-bond donors (Lipinski definition) is 2. The molecule has 8 nitrogen and oxygen atoms in total. The number of carbonyl (C=O) groups is 3. The first-order valence-electron chi connectivity index (χ1n) is 10.3. The topological polar surface area (TPSA) is 97.0 Å². The van der Waals surface area contributed by atoms with Crippen LogP contribution in [-0.2, 0) is 23.9 Å². The van der Waals surface area contributed by atoms with E-state index in [4.69, 9.17) is 21.7 Å². The molecular weight excluding hydrogens is 418 g/mol. The number of amides is 2. The predicted octanol–water partition coefficient (Wildman–Crippen LogP) is 1.32. The van der Waals surface area contributed by atoms with E-state index in [-0.39, 0.29) is 30.2 Å². The molecule has 9 heteroatoms. The molecule has 2 saturated heterocycles. The maximum atomic E-state index is 12.4. The van der Waals surface area contributed by atoms with Crippen LogP contribution < -0.4 is 10.6 Å². The van der Waals surface area contributed by atoms with Crippen LogP contribution in [0.5, 0.6) is 0 Å². The van der Waals surface area contributed by atoms with Crippen molar-refractivity contribution in [2.45, 2.75) is 38.3 Å². The van der Waals surface area contributed by atoms with Crippen molar-refractivity contribution >= 4 is 41.2 Å². The quantitative estimate of drug-likeness (QED) is 0.387. The molecule has 2 unspecified atom stereocenters. The Bertz CT molecular complexity index is 849. The summed E-state index contributed by atoms with van der Waals surface area (Å²) >= 11 is 5.34. The van der Waals surface area contributed by atoms with Gasteiger partial charge in [-0.15, -0.1) is 0 Å². The molecule has 0 radical (unpaired) electrons. The molecule has 2 heterocycles. The number of benzene rings is 1. The Balaban J connectivity index is 1.54. The minimum absolute atomic E-state index is 0.0825. The highest BCUT2D eigenvalue weighted by atomic mass is 32.1. The molecule has 0 bridgehead atoms. The molecule has 2 atom stereocenters. The van der Waals surface area contributed by atoms with Crippen molar-refractivity contribution in [2.75, 3.05) is 26.3 Å². The average Bonchev–Trinajstić information content (AvgIpc) is 3.27. The summed E-state index contributed by atoms with van der Waals surface area (Å²) in [6, 6.07) is 6.89. The van der Waals surface area contributed by atoms with E-state index in [9.17, 15) is 14.4 Å². The number of carbonyl (C=O) groups excluding carboxylic acids is 3. The molecule has 166 valence electrons. The minimum atomic E-state index is -0.834. The second kappa shape index (κ2) is 11.0. The fraction of sp³-hybridized carbons (Fsp3) is 0.455. The van der Waals surface area contributed by atoms with Crippen molar-refractivity contribution in [3.05, 3.63) is 41.5 Å². The van der Waals surface area contributed by atoms with Gasteiger partial charge in [-0.05, 0) is 43.6 Å². The lowest BCUT2D eigenvalue weighted by molar-refractivity contribution is -0.150. The molecule has 1 aromatic rings. The van der Waals surface area contributed by atoms with Crippen LogP contribution in [-0.4, -0.2) is 66.2 Å². The van der Waals surface area contributed by atoms with Gasteiger partial charge in [0.05, 0.1) is 12.5 Å². The summed E-state index contributed by atoms with van der Waals surface area (Å²) in [7, 11) is 0. The Hall–Kier alpha value is -2.78. The monoisotopic (exact) mass is 445 g/mol. The van der Waals surface area contributed by atoms with Crippen LogP contribution in [0.1, 0.15) is 30.4 Å². The molecule has 2 amide bonds. The number of hydrogen-bond acceptors (Lipinski definition) is 6. The third-order valence-corrected chi connectivity index (χ3v) is 5.48. The first-order valence-corrected chi connectivity index (χ1v) is 10.7. The van der Waals surface area contributed by atoms with Gasteiger partial charge in [0.15, 0.2) is 5.11 Å². The second-order valence-electron chi connectivity index (χ2n) is 7.56. The van der Waals surface area contributed by atoms with Crippen molar-refractivity contribution in [1.29, 1.82) is 0 Å². The fourth-order valence-corrected chi connectivity index (χ4v) is 3.73. The molecule has 31 heavy (non-hydrogen) atoms. The number of ether oxygens (including phenoxy) is 2. The predicted molar refractivity (Wildman–Crippen MR) is 119 cm³/mol. The summed E-state index contributed by atoms with van der Waals surface area (Å²) in [5.41, 5.74) is 2.02. The molecule has 2 aliphatic heterocycles. The summed E-state index contributed by atoms with van der Waals surface area (Å²) in [6.07, 6.45) is 4.63. The normalized spacial score (nSPS) is 21.1. The molecule has 2 fully saturated rings. The van der Waals surface area contributed by atoms with Gasteiger partial charge in [0.2, 0.25) is 11.8 Å². The van der Waals surface area contributed by atoms with Gasteiger partial charge in [-0.3, -0.25) is 19.7 Å². The Morgan fingerprint density at radius 2 is 2.13 bits per heavy atom. The summed E-state index contributed by atoms with van der Waals surface area (Å²) in [4.78, 5) is 38.5. The number of aryl methyl sites for hydroxylation is 1. The summed E-state index contributed by atoms with van der Waals surface area (Å²) in [5, 5.41) is 5.44. The second-order valence-corrected chi connectivity index (χ2v) is 7.95. The Labute approximate surface area is 186 Å². The van der Waals surface area contributed by atoms with E-state index in [0.717, 1.165) is 24.0 Å². The number of rotatable bonds is 6. The Morgan fingerprint density at radius 3 is 2.84 bits per heavy atom. The van der Waals surface area contributed by atoms with Gasteiger partial charge >= 0.3 is 5.97 Å². The summed E-state index contributed by atoms with van der Waals surface area (Å²) in [6.45, 7) is 3.60. The van der Waals surface area contributed by atoms with Crippen molar-refractivity contribution in [3.8, 4) is 0 Å². The van der Waals surface area contributed by atoms with Crippen molar-refractivity contribution in [1.82, 2.24) is 15.5 Å². The lowest BCUT2D eigenvalue weighted by Crippen LogP contribution is -2.60. The molecular formula is C22H27N3O5S. The van der Waals surface area contributed by atoms with Crippen molar-refractivity contribution in [2.24, 2.45) is 0 Å². The molecule has 3 rings (SSSR count). The fourth-order valence-electron chi connectivity index (χ4n) is 3.41. The lowest BCUT2D eigenvalue weighted by Gasteiger charge is -2.36. The van der Waals surface area contributed by atoms with Crippen molar-refractivity contribution in [3.63, 3.8) is 0 Å². The average molecular weight is 446 g/mol. The summed E-state index contributed by atoms with van der Waals surface area (Å²) < 4.78 is 10.7. The number of nitrogens with zero attached hydrogens (tertiary/aromatic N) is 1. The van der Waals surface area contributed by atoms with Gasteiger partial charge in [-0.25, -0.2) is 0 Å². The van der Waals surface area contributed by atoms with Crippen LogP contribution in [0.2, 0.25) is 0 Å². The first kappa shape index (κ1) is 22.9. The van der Waals surface area contributed by atoms with E-state index < -0.39 is 17.9 Å². The molecule has 0 aromatic heterocycles. The van der Waals surface area contributed by atoms with E-state index in [1.54, 1.807) is 11.0 Å². The van der Waals surface area contributed by atoms with E-state index in [1.807, 2.05) is 31.2 Å². The third-order valence-electron chi connectivity index (χ3n) is 5.14. The van der Waals surface area contributed by atoms with Crippen LogP contribution in [0.4, 0.5) is 0 Å². The number of piperazine rings is 1. The van der Waals surface area contributed by atoms with Crippen LogP contribution in [0.3, 0.4) is 0 Å². The van der Waals surface area contributed by atoms with E-state index in [1.165, 1.54) is 6.08 Å². The molecule has 1 aromatic carbocycles. The molecule has 0 saturated carbocycles. The number of esters is 1. The molecule has 2 aliphatic rings. The number of thiocarbonyl (C=S) groups is 1. The first-order chi connectivity index (χ1) is 14.9. The standard InChI is InChI=1S/C22H27N3O5S/c1-15-4-6-16(7-5-15)8-9-19(26)24-22(31)25-11-10-23-21(28)18(25)13-20(27)30-14-17-3-2-12-29-17/h4-9,17-18H,2-3,10-14H2,1H3,(H,23,28)(H,24,26,31)/b9-8+. The maximum Gasteiger partial charge on any atom is 0.308 e. The van der Waals surface area contributed by atoms with E-state index in [0.29, 0.717) is 19.7 Å².